The van der Waals surface area contributed by atoms with E-state index in [1.165, 1.54) is 0 Å². The third-order valence-electron chi connectivity index (χ3n) is 3.59. The lowest BCUT2D eigenvalue weighted by Gasteiger charge is -2.12. The van der Waals surface area contributed by atoms with Crippen molar-refractivity contribution in [1.82, 2.24) is 9.78 Å². The van der Waals surface area contributed by atoms with Crippen LogP contribution in [-0.4, -0.2) is 28.8 Å². The van der Waals surface area contributed by atoms with Crippen LogP contribution >= 0.6 is 0 Å². The maximum absolute atomic E-state index is 11.8. The molecule has 1 heterocycles. The molecule has 1 aromatic rings. The average Bonchev–Trinajstić information content (AvgIpc) is 2.85. The molecule has 1 unspecified atom stereocenters. The first-order valence-corrected chi connectivity index (χ1v) is 7.19. The topological polar surface area (TPSA) is 44.1 Å². The summed E-state index contributed by atoms with van der Waals surface area (Å²) in [5.74, 6) is 0.235. The van der Waals surface area contributed by atoms with Crippen LogP contribution in [0.15, 0.2) is 12.3 Å². The van der Waals surface area contributed by atoms with E-state index in [1.54, 1.807) is 7.11 Å². The highest BCUT2D eigenvalue weighted by atomic mass is 16.5. The summed E-state index contributed by atoms with van der Waals surface area (Å²) in [5, 5.41) is 4.50. The molecule has 0 aliphatic carbocycles. The summed E-state index contributed by atoms with van der Waals surface area (Å²) >= 11 is 0. The number of methoxy groups -OCH3 is 1. The van der Waals surface area contributed by atoms with Crippen LogP contribution in [0.1, 0.15) is 58.2 Å². The lowest BCUT2D eigenvalue weighted by Crippen LogP contribution is -2.11. The highest BCUT2D eigenvalue weighted by Gasteiger charge is 2.11. The molecule has 0 N–H and O–H groups in total. The van der Waals surface area contributed by atoms with Crippen LogP contribution in [0.4, 0.5) is 0 Å². The molecule has 1 atom stereocenters. The summed E-state index contributed by atoms with van der Waals surface area (Å²) < 4.78 is 7.13. The Morgan fingerprint density at radius 1 is 1.42 bits per heavy atom. The third kappa shape index (κ3) is 5.15. The number of nitrogens with zero attached hydrogens (tertiary/aromatic N) is 2. The predicted molar refractivity (Wildman–Crippen MR) is 76.3 cm³/mol. The zero-order valence-electron chi connectivity index (χ0n) is 12.6. The number of aromatic nitrogens is 2. The number of hydrogen-bond donors (Lipinski definition) is 0. The number of rotatable bonds is 9. The van der Waals surface area contributed by atoms with Gasteiger partial charge in [0, 0.05) is 19.7 Å². The van der Waals surface area contributed by atoms with Crippen LogP contribution in [0.2, 0.25) is 0 Å². The Balaban J connectivity index is 2.47. The van der Waals surface area contributed by atoms with Gasteiger partial charge >= 0.3 is 0 Å². The zero-order chi connectivity index (χ0) is 14.3. The summed E-state index contributed by atoms with van der Waals surface area (Å²) in [5.41, 5.74) is 0.877. The Kier molecular flexibility index (Phi) is 6.78. The smallest absolute Gasteiger partial charge is 0.139 e. The van der Waals surface area contributed by atoms with Gasteiger partial charge in [-0.1, -0.05) is 13.8 Å². The van der Waals surface area contributed by atoms with E-state index < -0.39 is 0 Å². The highest BCUT2D eigenvalue weighted by molar-refractivity contribution is 5.80. The summed E-state index contributed by atoms with van der Waals surface area (Å²) in [7, 11) is 1.67. The molecule has 1 aromatic heterocycles. The van der Waals surface area contributed by atoms with E-state index in [0.717, 1.165) is 25.0 Å². The monoisotopic (exact) mass is 266 g/mol. The van der Waals surface area contributed by atoms with Crippen molar-refractivity contribution in [3.05, 3.63) is 18.0 Å². The van der Waals surface area contributed by atoms with Crippen molar-refractivity contribution in [1.29, 1.82) is 0 Å². The van der Waals surface area contributed by atoms with Gasteiger partial charge in [-0.2, -0.15) is 5.10 Å². The van der Waals surface area contributed by atoms with Crippen LogP contribution in [0.3, 0.4) is 0 Å². The highest BCUT2D eigenvalue weighted by Crippen LogP contribution is 2.15. The van der Waals surface area contributed by atoms with Gasteiger partial charge in [0.05, 0.1) is 24.3 Å². The van der Waals surface area contributed by atoms with Crippen molar-refractivity contribution in [2.75, 3.05) is 7.11 Å². The maximum Gasteiger partial charge on any atom is 0.139 e. The summed E-state index contributed by atoms with van der Waals surface area (Å²) in [6.45, 7) is 6.30. The first-order valence-electron chi connectivity index (χ1n) is 7.19. The second kappa shape index (κ2) is 8.10. The van der Waals surface area contributed by atoms with Crippen molar-refractivity contribution in [3.63, 3.8) is 0 Å². The molecule has 0 saturated carbocycles. The number of hydrogen-bond acceptors (Lipinski definition) is 3. The third-order valence-corrected chi connectivity index (χ3v) is 3.59. The van der Waals surface area contributed by atoms with Gasteiger partial charge in [0.1, 0.15) is 5.78 Å². The molecule has 0 aliphatic rings. The van der Waals surface area contributed by atoms with E-state index in [-0.39, 0.29) is 11.9 Å². The van der Waals surface area contributed by atoms with Gasteiger partial charge < -0.3 is 4.74 Å². The summed E-state index contributed by atoms with van der Waals surface area (Å²) in [6, 6.07) is 2.40. The fraction of sp³-hybridized carbons (Fsp3) is 0.733. The van der Waals surface area contributed by atoms with E-state index in [9.17, 15) is 4.79 Å². The van der Waals surface area contributed by atoms with E-state index in [4.69, 9.17) is 4.74 Å². The maximum atomic E-state index is 11.8. The van der Waals surface area contributed by atoms with Gasteiger partial charge in [0.25, 0.3) is 0 Å². The average molecular weight is 266 g/mol. The SMILES string of the molecule is CCC(CC)n1ccc(CC(=O)CCC(C)OC)n1. The van der Waals surface area contributed by atoms with Crippen molar-refractivity contribution >= 4 is 5.78 Å². The van der Waals surface area contributed by atoms with Crippen LogP contribution in [0.25, 0.3) is 0 Å². The Hall–Kier alpha value is -1.16. The van der Waals surface area contributed by atoms with E-state index in [1.807, 2.05) is 23.9 Å². The molecule has 1 rings (SSSR count). The molecule has 0 aliphatic heterocycles. The minimum Gasteiger partial charge on any atom is -0.382 e. The molecular formula is C15H26N2O2. The zero-order valence-corrected chi connectivity index (χ0v) is 12.6. The quantitative estimate of drug-likeness (QED) is 0.689. The van der Waals surface area contributed by atoms with Gasteiger partial charge in [0.15, 0.2) is 0 Å². The molecule has 0 bridgehead atoms. The molecule has 0 aromatic carbocycles. The Bertz CT molecular complexity index is 383. The molecule has 0 fully saturated rings. The fourth-order valence-corrected chi connectivity index (χ4v) is 2.11. The lowest BCUT2D eigenvalue weighted by atomic mass is 10.1. The number of ketones is 1. The Morgan fingerprint density at radius 3 is 2.68 bits per heavy atom. The molecule has 108 valence electrons. The minimum atomic E-state index is 0.145. The molecule has 0 amide bonds. The molecular weight excluding hydrogens is 240 g/mol. The van der Waals surface area contributed by atoms with E-state index >= 15 is 0 Å². The summed E-state index contributed by atoms with van der Waals surface area (Å²) in [6.07, 6.45) is 6.04. The Morgan fingerprint density at radius 2 is 2.11 bits per heavy atom. The standard InChI is InChI=1S/C15H26N2O2/c1-5-14(6-2)17-10-9-13(16-17)11-15(18)8-7-12(3)19-4/h9-10,12,14H,5-8,11H2,1-4H3. The van der Waals surface area contributed by atoms with Gasteiger partial charge in [-0.05, 0) is 32.3 Å². The molecule has 4 nitrogen and oxygen atoms in total. The largest absolute Gasteiger partial charge is 0.382 e. The first-order chi connectivity index (χ1) is 9.10. The van der Waals surface area contributed by atoms with Gasteiger partial charge in [-0.15, -0.1) is 0 Å². The van der Waals surface area contributed by atoms with Crippen LogP contribution in [0, 0.1) is 0 Å². The van der Waals surface area contributed by atoms with Crippen molar-refractivity contribution in [2.24, 2.45) is 0 Å². The fourth-order valence-electron chi connectivity index (χ4n) is 2.11. The normalized spacial score (nSPS) is 12.9. The van der Waals surface area contributed by atoms with Gasteiger partial charge in [0.2, 0.25) is 0 Å². The minimum absolute atomic E-state index is 0.145. The summed E-state index contributed by atoms with van der Waals surface area (Å²) in [4.78, 5) is 11.8. The van der Waals surface area contributed by atoms with Crippen LogP contribution in [0.5, 0.6) is 0 Å². The predicted octanol–water partition coefficient (Wildman–Crippen LogP) is 3.17. The first kappa shape index (κ1) is 15.9. The molecule has 4 heteroatoms. The van der Waals surface area contributed by atoms with E-state index in [2.05, 4.69) is 18.9 Å². The van der Waals surface area contributed by atoms with Crippen molar-refractivity contribution in [2.45, 2.75) is 65.0 Å². The molecule has 19 heavy (non-hydrogen) atoms. The molecule has 0 saturated heterocycles. The second-order valence-electron chi connectivity index (χ2n) is 5.06. The van der Waals surface area contributed by atoms with Crippen molar-refractivity contribution in [3.8, 4) is 0 Å². The number of carbonyl (C=O) groups is 1. The molecule has 0 radical (unpaired) electrons. The number of ether oxygens (including phenoxy) is 1. The van der Waals surface area contributed by atoms with Crippen LogP contribution in [-0.2, 0) is 16.0 Å². The lowest BCUT2D eigenvalue weighted by molar-refractivity contribution is -0.119. The number of Topliss-reactive ketones (excluding diaryl/α,β-unsaturated/α-hetero) is 1. The van der Waals surface area contributed by atoms with E-state index in [0.29, 0.717) is 18.9 Å². The number of carbonyl (C=O) groups excluding carboxylic acids is 1. The van der Waals surface area contributed by atoms with Crippen LogP contribution < -0.4 is 0 Å². The second-order valence-corrected chi connectivity index (χ2v) is 5.06. The Labute approximate surface area is 116 Å². The van der Waals surface area contributed by atoms with Crippen molar-refractivity contribution < 1.29 is 9.53 Å². The van der Waals surface area contributed by atoms with Gasteiger partial charge in [-0.3, -0.25) is 9.48 Å². The van der Waals surface area contributed by atoms with Gasteiger partial charge in [-0.25, -0.2) is 0 Å². The molecule has 0 spiro atoms.